The summed E-state index contributed by atoms with van der Waals surface area (Å²) in [6, 6.07) is 3.28. The Kier molecular flexibility index (Phi) is 2.82. The second kappa shape index (κ2) is 3.87. The molecule has 0 atom stereocenters. The van der Waals surface area contributed by atoms with Crippen molar-refractivity contribution >= 4 is 17.3 Å². The minimum atomic E-state index is -0.128. The average Bonchev–Trinajstić information content (AvgIpc) is 2.01. The van der Waals surface area contributed by atoms with Crippen molar-refractivity contribution < 1.29 is 0 Å². The van der Waals surface area contributed by atoms with E-state index in [1.54, 1.807) is 12.3 Å². The highest BCUT2D eigenvalue weighted by Gasteiger charge is 1.92. The second-order valence-corrected chi connectivity index (χ2v) is 2.72. The fourth-order valence-corrected chi connectivity index (χ4v) is 0.860. The van der Waals surface area contributed by atoms with Crippen molar-refractivity contribution in [2.75, 3.05) is 0 Å². The van der Waals surface area contributed by atoms with Crippen LogP contribution in [0.4, 0.5) is 0 Å². The summed E-state index contributed by atoms with van der Waals surface area (Å²) in [7, 11) is 0. The van der Waals surface area contributed by atoms with Crippen molar-refractivity contribution in [2.45, 2.75) is 6.54 Å². The third-order valence-electron chi connectivity index (χ3n) is 1.31. The lowest BCUT2D eigenvalue weighted by atomic mass is 10.3. The summed E-state index contributed by atoms with van der Waals surface area (Å²) in [6.45, 7) is 0.485. The molecule has 1 heterocycles. The molecule has 0 amide bonds. The number of hydrogen-bond acceptors (Lipinski definition) is 2. The van der Waals surface area contributed by atoms with Gasteiger partial charge in [0.15, 0.2) is 5.11 Å². The van der Waals surface area contributed by atoms with Crippen LogP contribution in [0, 0.1) is 0 Å². The molecule has 1 aromatic rings. The van der Waals surface area contributed by atoms with Crippen molar-refractivity contribution in [3.63, 3.8) is 0 Å². The van der Waals surface area contributed by atoms with Gasteiger partial charge in [0.05, 0.1) is 0 Å². The molecule has 0 bridgehead atoms. The van der Waals surface area contributed by atoms with Crippen molar-refractivity contribution in [3.8, 4) is 0 Å². The predicted octanol–water partition coefficient (Wildman–Crippen LogP) is -0.292. The van der Waals surface area contributed by atoms with Gasteiger partial charge in [-0.05, 0) is 23.8 Å². The number of hydrogen-bond donors (Lipinski definition) is 3. The van der Waals surface area contributed by atoms with E-state index in [-0.39, 0.29) is 10.7 Å². The molecule has 5 heteroatoms. The van der Waals surface area contributed by atoms with Crippen LogP contribution < -0.4 is 16.6 Å². The second-order valence-electron chi connectivity index (χ2n) is 2.28. The van der Waals surface area contributed by atoms with E-state index >= 15 is 0 Å². The summed E-state index contributed by atoms with van der Waals surface area (Å²) in [5.41, 5.74) is 5.94. The highest BCUT2D eigenvalue weighted by molar-refractivity contribution is 7.80. The number of rotatable bonds is 2. The highest BCUT2D eigenvalue weighted by Crippen LogP contribution is 1.90. The number of nitrogens with two attached hydrogens (primary N) is 1. The summed E-state index contributed by atoms with van der Waals surface area (Å²) in [5.74, 6) is 0. The van der Waals surface area contributed by atoms with Crippen LogP contribution in [0.5, 0.6) is 0 Å². The minimum Gasteiger partial charge on any atom is -0.376 e. The fourth-order valence-electron chi connectivity index (χ4n) is 0.788. The van der Waals surface area contributed by atoms with Crippen LogP contribution in [0.3, 0.4) is 0 Å². The Balaban J connectivity index is 2.64. The van der Waals surface area contributed by atoms with E-state index in [2.05, 4.69) is 22.5 Å². The lowest BCUT2D eigenvalue weighted by Crippen LogP contribution is -2.28. The van der Waals surface area contributed by atoms with Crippen molar-refractivity contribution in [2.24, 2.45) is 5.73 Å². The molecule has 0 aliphatic rings. The van der Waals surface area contributed by atoms with Crippen molar-refractivity contribution in [3.05, 3.63) is 34.2 Å². The van der Waals surface area contributed by atoms with Gasteiger partial charge in [0.1, 0.15) is 0 Å². The van der Waals surface area contributed by atoms with Crippen LogP contribution in [0.1, 0.15) is 5.56 Å². The molecule has 0 saturated heterocycles. The first kappa shape index (κ1) is 8.73. The van der Waals surface area contributed by atoms with Gasteiger partial charge in [0, 0.05) is 18.8 Å². The van der Waals surface area contributed by atoms with E-state index < -0.39 is 0 Å². The topological polar surface area (TPSA) is 70.9 Å². The van der Waals surface area contributed by atoms with Gasteiger partial charge in [-0.2, -0.15) is 0 Å². The smallest absolute Gasteiger partial charge is 0.248 e. The van der Waals surface area contributed by atoms with Gasteiger partial charge in [-0.15, -0.1) is 0 Å². The zero-order chi connectivity index (χ0) is 8.97. The largest absolute Gasteiger partial charge is 0.376 e. The van der Waals surface area contributed by atoms with E-state index in [0.29, 0.717) is 6.54 Å². The Morgan fingerprint density at radius 1 is 1.75 bits per heavy atom. The highest BCUT2D eigenvalue weighted by atomic mass is 32.1. The maximum absolute atomic E-state index is 10.8. The lowest BCUT2D eigenvalue weighted by Gasteiger charge is -2.01. The molecular formula is C7H9N3OS. The van der Waals surface area contributed by atoms with Crippen LogP contribution >= 0.6 is 12.2 Å². The summed E-state index contributed by atoms with van der Waals surface area (Å²) in [6.07, 6.45) is 1.58. The Labute approximate surface area is 74.8 Å². The number of aromatic nitrogens is 1. The number of nitrogens with one attached hydrogen (secondary N) is 2. The van der Waals surface area contributed by atoms with Crippen molar-refractivity contribution in [1.29, 1.82) is 0 Å². The molecule has 0 aliphatic heterocycles. The van der Waals surface area contributed by atoms with Crippen LogP contribution in [0.15, 0.2) is 23.1 Å². The van der Waals surface area contributed by atoms with E-state index in [1.807, 2.05) is 0 Å². The lowest BCUT2D eigenvalue weighted by molar-refractivity contribution is 0.912. The molecule has 0 aromatic carbocycles. The first-order valence-corrected chi connectivity index (χ1v) is 3.80. The quantitative estimate of drug-likeness (QED) is 0.551. The molecule has 0 saturated carbocycles. The summed E-state index contributed by atoms with van der Waals surface area (Å²) in [4.78, 5) is 13.3. The van der Waals surface area contributed by atoms with Gasteiger partial charge in [-0.3, -0.25) is 4.79 Å². The molecule has 0 fully saturated rings. The van der Waals surface area contributed by atoms with Gasteiger partial charge < -0.3 is 16.0 Å². The Morgan fingerprint density at radius 2 is 2.50 bits per heavy atom. The summed E-state index contributed by atoms with van der Waals surface area (Å²) >= 11 is 4.61. The normalized spacial score (nSPS) is 9.33. The van der Waals surface area contributed by atoms with E-state index in [0.717, 1.165) is 5.56 Å². The van der Waals surface area contributed by atoms with Crippen molar-refractivity contribution in [1.82, 2.24) is 10.3 Å². The van der Waals surface area contributed by atoms with E-state index in [4.69, 9.17) is 5.73 Å². The predicted molar refractivity (Wildman–Crippen MR) is 50.7 cm³/mol. The van der Waals surface area contributed by atoms with Gasteiger partial charge in [-0.1, -0.05) is 0 Å². The van der Waals surface area contributed by atoms with Crippen LogP contribution in [0.25, 0.3) is 0 Å². The molecule has 1 rings (SSSR count). The first-order valence-electron chi connectivity index (χ1n) is 3.39. The van der Waals surface area contributed by atoms with Crippen LogP contribution in [-0.4, -0.2) is 10.1 Å². The number of pyridine rings is 1. The molecule has 64 valence electrons. The van der Waals surface area contributed by atoms with Gasteiger partial charge >= 0.3 is 0 Å². The Morgan fingerprint density at radius 3 is 3.08 bits per heavy atom. The molecule has 0 spiro atoms. The number of thiocarbonyl (C=S) groups is 1. The Bertz CT molecular complexity index is 333. The Hall–Kier alpha value is -1.36. The standard InChI is InChI=1S/C7H9N3OS/c8-7(12)10-4-5-1-2-9-6(11)3-5/h1-3H,4H2,(H,9,11)(H3,8,10,12). The fraction of sp³-hybridized carbons (Fsp3) is 0.143. The summed E-state index contributed by atoms with van der Waals surface area (Å²) < 4.78 is 0. The monoisotopic (exact) mass is 183 g/mol. The third kappa shape index (κ3) is 2.71. The SMILES string of the molecule is NC(=S)NCc1cc[nH]c(=O)c1. The molecule has 1 aromatic heterocycles. The average molecular weight is 183 g/mol. The molecule has 12 heavy (non-hydrogen) atoms. The summed E-state index contributed by atoms with van der Waals surface area (Å²) in [5, 5.41) is 2.98. The molecular weight excluding hydrogens is 174 g/mol. The van der Waals surface area contributed by atoms with E-state index in [1.165, 1.54) is 6.07 Å². The first-order chi connectivity index (χ1) is 5.68. The molecule has 0 unspecified atom stereocenters. The molecule has 4 N–H and O–H groups in total. The molecule has 4 nitrogen and oxygen atoms in total. The zero-order valence-electron chi connectivity index (χ0n) is 6.33. The minimum absolute atomic E-state index is 0.128. The zero-order valence-corrected chi connectivity index (χ0v) is 7.15. The molecule has 0 aliphatic carbocycles. The maximum Gasteiger partial charge on any atom is 0.248 e. The van der Waals surface area contributed by atoms with E-state index in [9.17, 15) is 4.79 Å². The third-order valence-corrected chi connectivity index (χ3v) is 1.45. The van der Waals surface area contributed by atoms with Crippen LogP contribution in [0.2, 0.25) is 0 Å². The molecule has 0 radical (unpaired) electrons. The number of H-pyrrole nitrogens is 1. The van der Waals surface area contributed by atoms with Gasteiger partial charge in [0.25, 0.3) is 0 Å². The van der Waals surface area contributed by atoms with Gasteiger partial charge in [-0.25, -0.2) is 0 Å². The number of aromatic amines is 1. The maximum atomic E-state index is 10.8. The van der Waals surface area contributed by atoms with Crippen LogP contribution in [-0.2, 0) is 6.54 Å². The van der Waals surface area contributed by atoms with Gasteiger partial charge in [0.2, 0.25) is 5.56 Å².